The van der Waals surface area contributed by atoms with Crippen LogP contribution in [0.2, 0.25) is 0 Å². The molecule has 6 N–H and O–H groups in total. The van der Waals surface area contributed by atoms with Gasteiger partial charge in [0, 0.05) is 0 Å². The molecule has 0 spiro atoms. The van der Waals surface area contributed by atoms with E-state index in [2.05, 4.69) is 10.3 Å². The topological polar surface area (TPSA) is 134 Å². The summed E-state index contributed by atoms with van der Waals surface area (Å²) < 4.78 is 18.4. The van der Waals surface area contributed by atoms with E-state index >= 15 is 0 Å². The average Bonchev–Trinajstić information content (AvgIpc) is 1.36. The van der Waals surface area contributed by atoms with Crippen molar-refractivity contribution in [3.8, 4) is 0 Å². The third kappa shape index (κ3) is 234. The van der Waals surface area contributed by atoms with Gasteiger partial charge >= 0.3 is 0 Å². The second-order valence-corrected chi connectivity index (χ2v) is 1.77. The molecule has 7 heteroatoms. The van der Waals surface area contributed by atoms with Crippen molar-refractivity contribution in [2.45, 2.75) is 0 Å². The van der Waals surface area contributed by atoms with Crippen LogP contribution in [-0.2, 0) is 10.2 Å². The smallest absolute Gasteiger partial charge is 0.216 e. The summed E-state index contributed by atoms with van der Waals surface area (Å²) in [7, 11) is -3.67. The van der Waals surface area contributed by atoms with Crippen molar-refractivity contribution in [1.82, 2.24) is 0 Å². The van der Waals surface area contributed by atoms with E-state index in [0.717, 1.165) is 0 Å². The van der Waals surface area contributed by atoms with Crippen LogP contribution in [0.4, 0.5) is 0 Å². The summed E-state index contributed by atoms with van der Waals surface area (Å²) in [5, 5.41) is 8.21. The van der Waals surface area contributed by atoms with Gasteiger partial charge in [-0.3, -0.25) is 0 Å². The van der Waals surface area contributed by atoms with E-state index in [-0.39, 0.29) is 0 Å². The molecule has 0 aliphatic heterocycles. The molecule has 0 heterocycles. The van der Waals surface area contributed by atoms with Crippen LogP contribution in [0, 0.1) is 11.1 Å². The molecular formula is H6N4O2S. The van der Waals surface area contributed by atoms with Crippen LogP contribution in [0.3, 0.4) is 0 Å². The number of hydrogen-bond donors (Lipinski definition) is 4. The Hall–Kier alpha value is -0.530. The minimum atomic E-state index is -3.67. The van der Waals surface area contributed by atoms with E-state index in [9.17, 15) is 8.42 Å². The zero-order valence-corrected chi connectivity index (χ0v) is 4.20. The first-order valence-electron chi connectivity index (χ1n) is 1.05. The molecule has 0 aromatic rings. The number of hydrogen-bond acceptors (Lipinski definition) is 4. The van der Waals surface area contributed by atoms with Crippen molar-refractivity contribution in [2.75, 3.05) is 0 Å². The van der Waals surface area contributed by atoms with Gasteiger partial charge in [-0.05, 0) is 0 Å². The van der Waals surface area contributed by atoms with Crippen molar-refractivity contribution in [3.63, 3.8) is 0 Å². The molecule has 0 aromatic carbocycles. The maximum absolute atomic E-state index is 9.19. The normalized spacial score (nSPS) is 8.86. The minimum absolute atomic E-state index is 3.67. The minimum Gasteiger partial charge on any atom is -0.216 e. The average molecular weight is 126 g/mol. The summed E-state index contributed by atoms with van der Waals surface area (Å²) in [5.41, 5.74) is 10.0. The molecule has 0 rings (SSSR count). The highest BCUT2D eigenvalue weighted by molar-refractivity contribution is 7.86. The van der Waals surface area contributed by atoms with Crippen LogP contribution >= 0.6 is 0 Å². The van der Waals surface area contributed by atoms with E-state index in [4.69, 9.17) is 11.1 Å². The summed E-state index contributed by atoms with van der Waals surface area (Å²) >= 11 is 0. The molecule has 44 valence electrons. The van der Waals surface area contributed by atoms with Gasteiger partial charge in [-0.15, -0.1) is 0 Å². The van der Waals surface area contributed by atoms with Crippen LogP contribution in [0.25, 0.3) is 0 Å². The van der Waals surface area contributed by atoms with Gasteiger partial charge in [-0.25, -0.2) is 21.3 Å². The Morgan fingerprint density at radius 1 is 1.14 bits per heavy atom. The maximum Gasteiger partial charge on any atom is 0.271 e. The number of rotatable bonds is 0. The van der Waals surface area contributed by atoms with Gasteiger partial charge < -0.3 is 0 Å². The highest BCUT2D eigenvalue weighted by Crippen LogP contribution is 1.40. The molecule has 0 aliphatic carbocycles. The van der Waals surface area contributed by atoms with Crippen LogP contribution in [0.1, 0.15) is 0 Å². The predicted octanol–water partition coefficient (Wildman–Crippen LogP) is -1.26. The van der Waals surface area contributed by atoms with Gasteiger partial charge in [0.1, 0.15) is 0 Å². The zero-order chi connectivity index (χ0) is 6.50. The Bertz CT molecular complexity index is 104. The van der Waals surface area contributed by atoms with Gasteiger partial charge in [0.2, 0.25) is 0 Å². The van der Waals surface area contributed by atoms with Crippen LogP contribution in [0.15, 0.2) is 0 Å². The molecule has 0 saturated heterocycles. The molecule has 0 fully saturated rings. The Labute approximate surface area is 41.0 Å². The Morgan fingerprint density at radius 3 is 1.14 bits per heavy atom. The Kier molecular flexibility index (Phi) is 5.06. The van der Waals surface area contributed by atoms with Crippen LogP contribution in [0.5, 0.6) is 0 Å². The van der Waals surface area contributed by atoms with Gasteiger partial charge in [0.05, 0.1) is 0 Å². The fourth-order valence-corrected chi connectivity index (χ4v) is 0. The lowest BCUT2D eigenvalue weighted by Crippen LogP contribution is -2.21. The second-order valence-electron chi connectivity index (χ2n) is 0.589. The maximum atomic E-state index is 9.19. The quantitative estimate of drug-likeness (QED) is 0.301. The highest BCUT2D eigenvalue weighted by Gasteiger charge is 1.78. The lowest BCUT2D eigenvalue weighted by molar-refractivity contribution is 0.599. The van der Waals surface area contributed by atoms with Gasteiger partial charge in [0.15, 0.2) is 0 Å². The van der Waals surface area contributed by atoms with Gasteiger partial charge in [-0.2, -0.15) is 8.42 Å². The first-order chi connectivity index (χ1) is 3.00. The van der Waals surface area contributed by atoms with E-state index in [1.807, 2.05) is 0 Å². The molecule has 6 nitrogen and oxygen atoms in total. The van der Waals surface area contributed by atoms with E-state index in [1.54, 1.807) is 0 Å². The molecular weight excluding hydrogens is 120 g/mol. The van der Waals surface area contributed by atoms with Crippen molar-refractivity contribution in [3.05, 3.63) is 0 Å². The molecule has 7 heavy (non-hydrogen) atoms. The lowest BCUT2D eigenvalue weighted by atomic mass is 13.3. The van der Waals surface area contributed by atoms with Gasteiger partial charge in [0.25, 0.3) is 10.2 Å². The van der Waals surface area contributed by atoms with Crippen molar-refractivity contribution in [2.24, 2.45) is 10.3 Å². The monoisotopic (exact) mass is 126 g/mol. The van der Waals surface area contributed by atoms with E-state index in [0.29, 0.717) is 0 Å². The first kappa shape index (κ1) is 9.69. The van der Waals surface area contributed by atoms with Crippen molar-refractivity contribution >= 4 is 10.2 Å². The fourth-order valence-electron chi connectivity index (χ4n) is 0. The SMILES string of the molecule is N=N.NS(N)(=O)=O. The summed E-state index contributed by atoms with van der Waals surface area (Å²) in [6.45, 7) is 0. The third-order valence-electron chi connectivity index (χ3n) is 0. The van der Waals surface area contributed by atoms with Crippen molar-refractivity contribution in [1.29, 1.82) is 11.1 Å². The van der Waals surface area contributed by atoms with E-state index in [1.165, 1.54) is 0 Å². The molecule has 0 aliphatic rings. The largest absolute Gasteiger partial charge is 0.271 e. The zero-order valence-electron chi connectivity index (χ0n) is 3.38. The molecule has 0 aromatic heterocycles. The predicted molar refractivity (Wildman–Crippen MR) is 22.7 cm³/mol. The van der Waals surface area contributed by atoms with Gasteiger partial charge in [-0.1, -0.05) is 0 Å². The summed E-state index contributed by atoms with van der Waals surface area (Å²) in [5.74, 6) is 0. The molecule has 0 radical (unpaired) electrons. The standard InChI is InChI=1S/H4N2O2S.H2N2/c1-5(2,3)4;1-2/h(H4,1,2,3,4);1-2H. The first-order valence-corrected chi connectivity index (χ1v) is 2.66. The third-order valence-corrected chi connectivity index (χ3v) is 0. The highest BCUT2D eigenvalue weighted by atomic mass is 32.2. The van der Waals surface area contributed by atoms with Crippen LogP contribution < -0.4 is 10.3 Å². The Balaban J connectivity index is 0. The van der Waals surface area contributed by atoms with Crippen LogP contribution in [-0.4, -0.2) is 8.42 Å². The fraction of sp³-hybridized carbons (Fsp3) is 0. The lowest BCUT2D eigenvalue weighted by Gasteiger charge is -1.72. The van der Waals surface area contributed by atoms with Crippen molar-refractivity contribution < 1.29 is 8.42 Å². The molecule has 0 atom stereocenters. The number of nitrogens with one attached hydrogen (secondary N) is 2. The summed E-state index contributed by atoms with van der Waals surface area (Å²) in [6, 6.07) is 0. The number of nitrogens with two attached hydrogens (primary N) is 2. The van der Waals surface area contributed by atoms with E-state index < -0.39 is 10.2 Å². The molecule has 0 unspecified atom stereocenters. The molecule has 0 bridgehead atoms. The second kappa shape index (κ2) is 3.65. The Morgan fingerprint density at radius 2 is 1.14 bits per heavy atom. The summed E-state index contributed by atoms with van der Waals surface area (Å²) in [6.07, 6.45) is 0. The summed E-state index contributed by atoms with van der Waals surface area (Å²) in [4.78, 5) is 0. The molecule has 0 amide bonds. The molecule has 0 saturated carbocycles.